The molecule has 0 aliphatic rings. The summed E-state index contributed by atoms with van der Waals surface area (Å²) in [7, 11) is -1.83. The fourth-order valence-corrected chi connectivity index (χ4v) is 3.52. The van der Waals surface area contributed by atoms with Gasteiger partial charge in [-0.05, 0) is 49.9 Å². The van der Waals surface area contributed by atoms with Crippen LogP contribution in [0.4, 0.5) is 0 Å². The predicted molar refractivity (Wildman–Crippen MR) is 108 cm³/mol. The summed E-state index contributed by atoms with van der Waals surface area (Å²) in [6.07, 6.45) is 1.43. The van der Waals surface area contributed by atoms with Crippen LogP contribution in [0.25, 0.3) is 0 Å². The number of carbonyl (C=O) groups excluding carboxylic acids is 1. The SMILES string of the molecule is CCC(C)NS(=O)(=O)c1ccc(C(=O)N(C)CCC(N)C(C)C)cc1.Cl. The molecule has 26 heavy (non-hydrogen) atoms. The van der Waals surface area contributed by atoms with Crippen molar-refractivity contribution in [2.45, 2.75) is 57.5 Å². The molecule has 1 aromatic carbocycles. The minimum atomic E-state index is -3.56. The molecule has 3 N–H and O–H groups in total. The van der Waals surface area contributed by atoms with Gasteiger partial charge in [0.2, 0.25) is 10.0 Å². The smallest absolute Gasteiger partial charge is 0.253 e. The van der Waals surface area contributed by atoms with Crippen molar-refractivity contribution < 1.29 is 13.2 Å². The normalized spacial score (nSPS) is 13.8. The van der Waals surface area contributed by atoms with Gasteiger partial charge >= 0.3 is 0 Å². The summed E-state index contributed by atoms with van der Waals surface area (Å²) in [5.74, 6) is 0.223. The summed E-state index contributed by atoms with van der Waals surface area (Å²) >= 11 is 0. The molecule has 1 aromatic rings. The van der Waals surface area contributed by atoms with Crippen LogP contribution >= 0.6 is 12.4 Å². The number of rotatable bonds is 9. The van der Waals surface area contributed by atoms with Crippen molar-refractivity contribution in [1.29, 1.82) is 0 Å². The molecule has 8 heteroatoms. The lowest BCUT2D eigenvalue weighted by Gasteiger charge is -2.21. The van der Waals surface area contributed by atoms with Crippen molar-refractivity contribution in [1.82, 2.24) is 9.62 Å². The zero-order chi connectivity index (χ0) is 19.2. The van der Waals surface area contributed by atoms with E-state index in [1.807, 2.05) is 13.8 Å². The van der Waals surface area contributed by atoms with E-state index >= 15 is 0 Å². The van der Waals surface area contributed by atoms with Gasteiger partial charge in [0, 0.05) is 31.2 Å². The number of carbonyl (C=O) groups is 1. The highest BCUT2D eigenvalue weighted by atomic mass is 35.5. The lowest BCUT2D eigenvalue weighted by Crippen LogP contribution is -2.34. The first kappa shape index (κ1) is 24.8. The van der Waals surface area contributed by atoms with Crippen LogP contribution in [0.1, 0.15) is 50.9 Å². The van der Waals surface area contributed by atoms with Crippen molar-refractivity contribution in [3.8, 4) is 0 Å². The lowest BCUT2D eigenvalue weighted by molar-refractivity contribution is 0.0789. The molecule has 2 atom stereocenters. The van der Waals surface area contributed by atoms with E-state index in [-0.39, 0.29) is 35.3 Å². The Labute approximate surface area is 164 Å². The number of halogens is 1. The minimum Gasteiger partial charge on any atom is -0.342 e. The molecule has 1 amide bonds. The highest BCUT2D eigenvalue weighted by molar-refractivity contribution is 7.89. The highest BCUT2D eigenvalue weighted by Gasteiger charge is 2.18. The van der Waals surface area contributed by atoms with Crippen molar-refractivity contribution in [3.05, 3.63) is 29.8 Å². The highest BCUT2D eigenvalue weighted by Crippen LogP contribution is 2.13. The van der Waals surface area contributed by atoms with Crippen LogP contribution in [0.2, 0.25) is 0 Å². The van der Waals surface area contributed by atoms with E-state index in [9.17, 15) is 13.2 Å². The largest absolute Gasteiger partial charge is 0.342 e. The van der Waals surface area contributed by atoms with Crippen LogP contribution in [0.3, 0.4) is 0 Å². The topological polar surface area (TPSA) is 92.5 Å². The molecule has 0 spiro atoms. The van der Waals surface area contributed by atoms with Crippen molar-refractivity contribution in [3.63, 3.8) is 0 Å². The fourth-order valence-electron chi connectivity index (χ4n) is 2.19. The van der Waals surface area contributed by atoms with Gasteiger partial charge in [0.15, 0.2) is 0 Å². The summed E-state index contributed by atoms with van der Waals surface area (Å²) in [6, 6.07) is 5.94. The van der Waals surface area contributed by atoms with Gasteiger partial charge in [-0.1, -0.05) is 20.8 Å². The van der Waals surface area contributed by atoms with E-state index in [4.69, 9.17) is 5.73 Å². The first-order valence-electron chi connectivity index (χ1n) is 8.72. The van der Waals surface area contributed by atoms with Gasteiger partial charge in [0.25, 0.3) is 5.91 Å². The molecule has 0 bridgehead atoms. The third-order valence-corrected chi connectivity index (χ3v) is 5.99. The zero-order valence-electron chi connectivity index (χ0n) is 16.2. The number of nitrogens with one attached hydrogen (secondary N) is 1. The first-order chi connectivity index (χ1) is 11.6. The number of hydrogen-bond donors (Lipinski definition) is 2. The van der Waals surface area contributed by atoms with Gasteiger partial charge in [0.1, 0.15) is 0 Å². The summed E-state index contributed by atoms with van der Waals surface area (Å²) in [4.78, 5) is 14.2. The minimum absolute atomic E-state index is 0. The quantitative estimate of drug-likeness (QED) is 0.660. The van der Waals surface area contributed by atoms with Crippen LogP contribution in [0.5, 0.6) is 0 Å². The van der Waals surface area contributed by atoms with E-state index in [1.165, 1.54) is 12.1 Å². The molecule has 6 nitrogen and oxygen atoms in total. The number of amides is 1. The zero-order valence-corrected chi connectivity index (χ0v) is 17.9. The molecule has 0 fully saturated rings. The van der Waals surface area contributed by atoms with Crippen LogP contribution in [-0.4, -0.2) is 44.9 Å². The van der Waals surface area contributed by atoms with Crippen LogP contribution in [0, 0.1) is 5.92 Å². The van der Waals surface area contributed by atoms with E-state index in [1.54, 1.807) is 24.1 Å². The monoisotopic (exact) mass is 405 g/mol. The number of hydrogen-bond acceptors (Lipinski definition) is 4. The summed E-state index contributed by atoms with van der Waals surface area (Å²) in [6.45, 7) is 8.40. The molecule has 0 saturated heterocycles. The van der Waals surface area contributed by atoms with Gasteiger partial charge in [0.05, 0.1) is 4.90 Å². The molecule has 2 unspecified atom stereocenters. The van der Waals surface area contributed by atoms with E-state index in [0.717, 1.165) is 6.42 Å². The maximum atomic E-state index is 12.4. The molecule has 0 aromatic heterocycles. The molecule has 0 aliphatic carbocycles. The first-order valence-corrected chi connectivity index (χ1v) is 10.2. The fraction of sp³-hybridized carbons (Fsp3) is 0.611. The van der Waals surface area contributed by atoms with Gasteiger partial charge in [-0.3, -0.25) is 4.79 Å². The number of benzene rings is 1. The second kappa shape index (κ2) is 10.9. The maximum absolute atomic E-state index is 12.4. The molecule has 0 radical (unpaired) electrons. The number of nitrogens with zero attached hydrogens (tertiary/aromatic N) is 1. The Morgan fingerprint density at radius 2 is 1.73 bits per heavy atom. The lowest BCUT2D eigenvalue weighted by atomic mass is 10.0. The Hall–Kier alpha value is -1.15. The third-order valence-electron chi connectivity index (χ3n) is 4.38. The van der Waals surface area contributed by atoms with Gasteiger partial charge in [-0.25, -0.2) is 13.1 Å². The Morgan fingerprint density at radius 1 is 1.19 bits per heavy atom. The summed E-state index contributed by atoms with van der Waals surface area (Å²) < 4.78 is 27.1. The van der Waals surface area contributed by atoms with Crippen molar-refractivity contribution in [2.24, 2.45) is 11.7 Å². The van der Waals surface area contributed by atoms with Crippen LogP contribution in [-0.2, 0) is 10.0 Å². The third kappa shape index (κ3) is 7.23. The van der Waals surface area contributed by atoms with Crippen molar-refractivity contribution in [2.75, 3.05) is 13.6 Å². The van der Waals surface area contributed by atoms with Gasteiger partial charge in [-0.2, -0.15) is 0 Å². The Balaban J connectivity index is 0.00000625. The Bertz CT molecular complexity index is 663. The Morgan fingerprint density at radius 3 is 2.19 bits per heavy atom. The van der Waals surface area contributed by atoms with Crippen LogP contribution in [0.15, 0.2) is 29.2 Å². The maximum Gasteiger partial charge on any atom is 0.253 e. The molecule has 0 heterocycles. The number of nitrogens with two attached hydrogens (primary N) is 1. The molecule has 0 aliphatic heterocycles. The second-order valence-electron chi connectivity index (χ2n) is 6.88. The molecular weight excluding hydrogens is 374 g/mol. The predicted octanol–water partition coefficient (Wildman–Crippen LogP) is 2.63. The molecule has 1 rings (SSSR count). The average Bonchev–Trinajstić information content (AvgIpc) is 2.58. The number of sulfonamides is 1. The van der Waals surface area contributed by atoms with E-state index in [0.29, 0.717) is 24.4 Å². The molecular formula is C18H32ClN3O3S. The standard InChI is InChI=1S/C18H31N3O3S.ClH/c1-6-14(4)20-25(23,24)16-9-7-15(8-10-16)18(22)21(5)12-11-17(19)13(2)3;/h7-10,13-14,17,20H,6,11-12,19H2,1-5H3;1H. The van der Waals surface area contributed by atoms with E-state index in [2.05, 4.69) is 18.6 Å². The van der Waals surface area contributed by atoms with Crippen LogP contribution < -0.4 is 10.5 Å². The van der Waals surface area contributed by atoms with Crippen molar-refractivity contribution >= 4 is 28.3 Å². The van der Waals surface area contributed by atoms with Gasteiger partial charge < -0.3 is 10.6 Å². The average molecular weight is 406 g/mol. The Kier molecular flexibility index (Phi) is 10.4. The van der Waals surface area contributed by atoms with Gasteiger partial charge in [-0.15, -0.1) is 12.4 Å². The van der Waals surface area contributed by atoms with E-state index < -0.39 is 10.0 Å². The summed E-state index contributed by atoms with van der Waals surface area (Å²) in [5.41, 5.74) is 6.47. The molecule has 0 saturated carbocycles. The second-order valence-corrected chi connectivity index (χ2v) is 8.59. The summed E-state index contributed by atoms with van der Waals surface area (Å²) in [5, 5.41) is 0. The molecule has 150 valence electrons.